The second-order valence-corrected chi connectivity index (χ2v) is 5.44. The number of halogens is 1. The van der Waals surface area contributed by atoms with Crippen LogP contribution in [0.4, 0.5) is 0 Å². The first kappa shape index (κ1) is 11.1. The Kier molecular flexibility index (Phi) is 3.13. The van der Waals surface area contributed by atoms with Crippen LogP contribution in [0.2, 0.25) is 0 Å². The van der Waals surface area contributed by atoms with Gasteiger partial charge in [0.05, 0.1) is 6.61 Å². The van der Waals surface area contributed by atoms with Crippen molar-refractivity contribution in [3.05, 3.63) is 20.8 Å². The number of aliphatic carboxylic acids is 1. The van der Waals surface area contributed by atoms with Crippen molar-refractivity contribution >= 4 is 33.2 Å². The van der Waals surface area contributed by atoms with Crippen molar-refractivity contribution in [3.8, 4) is 0 Å². The molecule has 0 bridgehead atoms. The average molecular weight is 291 g/mol. The summed E-state index contributed by atoms with van der Waals surface area (Å²) in [5.41, 5.74) is -0.324. The van der Waals surface area contributed by atoms with Crippen LogP contribution < -0.4 is 0 Å². The van der Waals surface area contributed by atoms with E-state index in [1.165, 1.54) is 0 Å². The lowest BCUT2D eigenvalue weighted by Crippen LogP contribution is -2.40. The molecule has 1 atom stereocenters. The number of hydrogen-bond acceptors (Lipinski definition) is 3. The number of ether oxygens (including phenoxy) is 1. The molecule has 1 saturated heterocycles. The minimum absolute atomic E-state index is 0.162. The summed E-state index contributed by atoms with van der Waals surface area (Å²) in [7, 11) is 0. The Hall–Kier alpha value is -0.390. The Morgan fingerprint density at radius 1 is 1.73 bits per heavy atom. The molecule has 0 amide bonds. The first-order valence-corrected chi connectivity index (χ1v) is 6.40. The van der Waals surface area contributed by atoms with Crippen molar-refractivity contribution in [1.29, 1.82) is 0 Å². The van der Waals surface area contributed by atoms with Gasteiger partial charge in [0.2, 0.25) is 0 Å². The average Bonchev–Trinajstić information content (AvgIpc) is 2.50. The summed E-state index contributed by atoms with van der Waals surface area (Å²) in [6.07, 6.45) is 1.65. The van der Waals surface area contributed by atoms with Gasteiger partial charge >= 0.3 is 5.97 Å². The largest absolute Gasteiger partial charge is 0.481 e. The van der Waals surface area contributed by atoms with Crippen molar-refractivity contribution in [2.24, 2.45) is 0 Å². The molecule has 1 aromatic rings. The SMILES string of the molecule is O=C(O)CCC1(c2cc(Br)cs2)CCO1. The van der Waals surface area contributed by atoms with E-state index in [2.05, 4.69) is 15.9 Å². The zero-order valence-electron chi connectivity index (χ0n) is 8.03. The van der Waals surface area contributed by atoms with E-state index in [0.29, 0.717) is 6.42 Å². The zero-order valence-corrected chi connectivity index (χ0v) is 10.4. The predicted octanol–water partition coefficient (Wildman–Crippen LogP) is 2.99. The van der Waals surface area contributed by atoms with Gasteiger partial charge in [-0.3, -0.25) is 4.79 Å². The van der Waals surface area contributed by atoms with Gasteiger partial charge in [-0.05, 0) is 28.4 Å². The Bertz CT molecular complexity index is 370. The maximum absolute atomic E-state index is 10.6. The Labute approximate surface area is 100 Å². The lowest BCUT2D eigenvalue weighted by molar-refractivity contribution is -0.164. The van der Waals surface area contributed by atoms with Crippen LogP contribution in [0.3, 0.4) is 0 Å². The quantitative estimate of drug-likeness (QED) is 0.927. The highest BCUT2D eigenvalue weighted by molar-refractivity contribution is 9.10. The van der Waals surface area contributed by atoms with Crippen molar-refractivity contribution < 1.29 is 14.6 Å². The normalized spacial score (nSPS) is 24.9. The second-order valence-electron chi connectivity index (χ2n) is 3.62. The molecule has 0 spiro atoms. The Morgan fingerprint density at radius 3 is 2.87 bits per heavy atom. The Morgan fingerprint density at radius 2 is 2.47 bits per heavy atom. The number of carbonyl (C=O) groups is 1. The van der Waals surface area contributed by atoms with Crippen molar-refractivity contribution in [1.82, 2.24) is 0 Å². The minimum Gasteiger partial charge on any atom is -0.481 e. The molecule has 0 radical (unpaired) electrons. The van der Waals surface area contributed by atoms with E-state index in [1.807, 2.05) is 11.4 Å². The van der Waals surface area contributed by atoms with E-state index >= 15 is 0 Å². The van der Waals surface area contributed by atoms with E-state index in [0.717, 1.165) is 22.4 Å². The topological polar surface area (TPSA) is 46.5 Å². The van der Waals surface area contributed by atoms with E-state index in [9.17, 15) is 4.79 Å². The fourth-order valence-corrected chi connectivity index (χ4v) is 3.37. The van der Waals surface area contributed by atoms with Crippen LogP contribution in [-0.2, 0) is 15.1 Å². The second kappa shape index (κ2) is 4.23. The van der Waals surface area contributed by atoms with E-state index in [4.69, 9.17) is 9.84 Å². The van der Waals surface area contributed by atoms with Crippen molar-refractivity contribution in [3.63, 3.8) is 0 Å². The molecule has 82 valence electrons. The summed E-state index contributed by atoms with van der Waals surface area (Å²) in [5, 5.41) is 10.7. The number of carboxylic acids is 1. The summed E-state index contributed by atoms with van der Waals surface area (Å²) >= 11 is 5.02. The maximum atomic E-state index is 10.6. The molecule has 5 heteroatoms. The smallest absolute Gasteiger partial charge is 0.303 e. The highest BCUT2D eigenvalue weighted by Gasteiger charge is 2.41. The third kappa shape index (κ3) is 2.24. The first-order valence-electron chi connectivity index (χ1n) is 4.73. The molecule has 1 aliphatic rings. The molecule has 1 unspecified atom stereocenters. The highest BCUT2D eigenvalue weighted by Crippen LogP contribution is 2.44. The third-order valence-corrected chi connectivity index (χ3v) is 4.52. The lowest BCUT2D eigenvalue weighted by atomic mass is 9.88. The first-order chi connectivity index (χ1) is 7.12. The van der Waals surface area contributed by atoms with Crippen LogP contribution >= 0.6 is 27.3 Å². The van der Waals surface area contributed by atoms with Gasteiger partial charge in [-0.2, -0.15) is 0 Å². The van der Waals surface area contributed by atoms with E-state index in [-0.39, 0.29) is 12.0 Å². The zero-order chi connectivity index (χ0) is 10.9. The van der Waals surface area contributed by atoms with Gasteiger partial charge in [0, 0.05) is 27.6 Å². The standard InChI is InChI=1S/C10H11BrO3S/c11-7-5-8(15-6-7)10(3-4-14-10)2-1-9(12)13/h5-6H,1-4H2,(H,12,13). The van der Waals surface area contributed by atoms with Crippen LogP contribution in [0, 0.1) is 0 Å². The van der Waals surface area contributed by atoms with Crippen molar-refractivity contribution in [2.75, 3.05) is 6.61 Å². The van der Waals surface area contributed by atoms with Crippen molar-refractivity contribution in [2.45, 2.75) is 24.9 Å². The molecule has 1 aromatic heterocycles. The molecule has 15 heavy (non-hydrogen) atoms. The molecule has 2 heterocycles. The number of thiophene rings is 1. The maximum Gasteiger partial charge on any atom is 0.303 e. The van der Waals surface area contributed by atoms with E-state index in [1.54, 1.807) is 11.3 Å². The predicted molar refractivity (Wildman–Crippen MR) is 61.1 cm³/mol. The van der Waals surface area contributed by atoms with Crippen LogP contribution in [0.5, 0.6) is 0 Å². The molecule has 0 saturated carbocycles. The van der Waals surface area contributed by atoms with Gasteiger partial charge < -0.3 is 9.84 Å². The fourth-order valence-electron chi connectivity index (χ4n) is 1.72. The molecule has 1 fully saturated rings. The van der Waals surface area contributed by atoms with Crippen LogP contribution in [0.25, 0.3) is 0 Å². The summed E-state index contributed by atoms with van der Waals surface area (Å²) in [6.45, 7) is 0.731. The molecule has 0 aliphatic carbocycles. The van der Waals surface area contributed by atoms with E-state index < -0.39 is 5.97 Å². The molecule has 3 nitrogen and oxygen atoms in total. The van der Waals surface area contributed by atoms with Gasteiger partial charge in [-0.1, -0.05) is 0 Å². The molecular formula is C10H11BrO3S. The number of rotatable bonds is 4. The van der Waals surface area contributed by atoms with Crippen LogP contribution in [-0.4, -0.2) is 17.7 Å². The molecule has 1 aliphatic heterocycles. The van der Waals surface area contributed by atoms with Gasteiger partial charge in [0.15, 0.2) is 0 Å². The lowest BCUT2D eigenvalue weighted by Gasteiger charge is -2.41. The summed E-state index contributed by atoms with van der Waals surface area (Å²) in [5.74, 6) is -0.763. The molecule has 0 aromatic carbocycles. The van der Waals surface area contributed by atoms with Gasteiger partial charge in [-0.25, -0.2) is 0 Å². The molecule has 2 rings (SSSR count). The van der Waals surface area contributed by atoms with Gasteiger partial charge in [-0.15, -0.1) is 11.3 Å². The summed E-state index contributed by atoms with van der Waals surface area (Å²) < 4.78 is 6.63. The minimum atomic E-state index is -0.763. The molecular weight excluding hydrogens is 280 g/mol. The van der Waals surface area contributed by atoms with Crippen LogP contribution in [0.15, 0.2) is 15.9 Å². The van der Waals surface area contributed by atoms with Gasteiger partial charge in [0.1, 0.15) is 5.60 Å². The highest BCUT2D eigenvalue weighted by atomic mass is 79.9. The monoisotopic (exact) mass is 290 g/mol. The van der Waals surface area contributed by atoms with Crippen LogP contribution in [0.1, 0.15) is 24.1 Å². The third-order valence-electron chi connectivity index (χ3n) is 2.64. The summed E-state index contributed by atoms with van der Waals surface area (Å²) in [6, 6.07) is 2.02. The molecule has 1 N–H and O–H groups in total. The summed E-state index contributed by atoms with van der Waals surface area (Å²) in [4.78, 5) is 11.7. The fraction of sp³-hybridized carbons (Fsp3) is 0.500. The Balaban J connectivity index is 2.11. The number of carboxylic acid groups (broad SMARTS) is 1. The van der Waals surface area contributed by atoms with Gasteiger partial charge in [0.25, 0.3) is 0 Å². The number of hydrogen-bond donors (Lipinski definition) is 1.